The molecule has 0 aliphatic carbocycles. The zero-order chi connectivity index (χ0) is 8.93. The monoisotopic (exact) mass is 277 g/mol. The van der Waals surface area contributed by atoms with Gasteiger partial charge in [0.05, 0.1) is 0 Å². The molecule has 0 aliphatic heterocycles. The molecule has 0 saturated heterocycles. The van der Waals surface area contributed by atoms with Gasteiger partial charge in [-0.05, 0) is 24.3 Å². The molecule has 1 nitrogen and oxygen atoms in total. The van der Waals surface area contributed by atoms with Gasteiger partial charge in [-0.2, -0.15) is 0 Å². The number of hydrogen-bond donors (Lipinski definition) is 1. The van der Waals surface area contributed by atoms with Crippen LogP contribution in [0.4, 0.5) is 11.4 Å². The van der Waals surface area contributed by atoms with Crippen LogP contribution in [0.2, 0.25) is 0 Å². The molecule has 0 bridgehead atoms. The molecule has 1 N–H and O–H groups in total. The first kappa shape index (κ1) is 17.5. The Balaban J connectivity index is 0. The molecule has 2 aromatic rings. The van der Waals surface area contributed by atoms with Gasteiger partial charge in [0.2, 0.25) is 0 Å². The summed E-state index contributed by atoms with van der Waals surface area (Å²) in [6.07, 6.45) is 0. The lowest BCUT2D eigenvalue weighted by Crippen LogP contribution is -1.87. The maximum Gasteiger partial charge on any atom is 0.0384 e. The topological polar surface area (TPSA) is 12.0 Å². The van der Waals surface area contributed by atoms with Gasteiger partial charge in [0.1, 0.15) is 0 Å². The summed E-state index contributed by atoms with van der Waals surface area (Å²) in [5, 5.41) is 3.30. The van der Waals surface area contributed by atoms with Crippen LogP contribution in [0, 0.1) is 0 Å². The Labute approximate surface area is 114 Å². The Kier molecular flexibility index (Phi) is 10.2. The summed E-state index contributed by atoms with van der Waals surface area (Å²) >= 11 is 0. The Morgan fingerprint density at radius 3 is 1.12 bits per heavy atom. The number of benzene rings is 2. The van der Waals surface area contributed by atoms with Crippen LogP contribution < -0.4 is 5.32 Å². The van der Waals surface area contributed by atoms with Crippen LogP contribution >= 0.6 is 37.2 Å². The van der Waals surface area contributed by atoms with Crippen molar-refractivity contribution in [1.29, 1.82) is 0 Å². The van der Waals surface area contributed by atoms with Gasteiger partial charge in [-0.15, -0.1) is 37.2 Å². The van der Waals surface area contributed by atoms with Crippen molar-refractivity contribution in [2.45, 2.75) is 0 Å². The standard InChI is InChI=1S/C12H11N.3ClH/c1-3-7-11(8-4-1)13-12-9-5-2-6-10-12;;;/h1-10,13H;3*1H. The smallest absolute Gasteiger partial charge is 0.0384 e. The van der Waals surface area contributed by atoms with E-state index in [-0.39, 0.29) is 37.2 Å². The summed E-state index contributed by atoms with van der Waals surface area (Å²) in [5.74, 6) is 0. The van der Waals surface area contributed by atoms with E-state index in [9.17, 15) is 0 Å². The van der Waals surface area contributed by atoms with Crippen LogP contribution in [0.5, 0.6) is 0 Å². The molecule has 0 fully saturated rings. The third kappa shape index (κ3) is 5.26. The van der Waals surface area contributed by atoms with Crippen LogP contribution in [-0.2, 0) is 0 Å². The van der Waals surface area contributed by atoms with E-state index in [1.807, 2.05) is 60.7 Å². The van der Waals surface area contributed by atoms with Crippen LogP contribution in [0.1, 0.15) is 0 Å². The third-order valence-electron chi connectivity index (χ3n) is 1.84. The van der Waals surface area contributed by atoms with E-state index < -0.39 is 0 Å². The summed E-state index contributed by atoms with van der Waals surface area (Å²) < 4.78 is 0. The molecule has 2 rings (SSSR count). The van der Waals surface area contributed by atoms with Crippen LogP contribution in [0.3, 0.4) is 0 Å². The highest BCUT2D eigenvalue weighted by Crippen LogP contribution is 2.14. The molecule has 0 amide bonds. The lowest BCUT2D eigenvalue weighted by atomic mass is 10.3. The van der Waals surface area contributed by atoms with Crippen molar-refractivity contribution in [3.63, 3.8) is 0 Å². The van der Waals surface area contributed by atoms with E-state index in [4.69, 9.17) is 0 Å². The normalized spacial score (nSPS) is 7.75. The summed E-state index contributed by atoms with van der Waals surface area (Å²) in [5.41, 5.74) is 2.24. The van der Waals surface area contributed by atoms with Crippen molar-refractivity contribution >= 4 is 48.6 Å². The second-order valence-corrected chi connectivity index (χ2v) is 2.86. The number of halogens is 3. The molecular weight excluding hydrogens is 264 g/mol. The Hall–Kier alpha value is -0.890. The van der Waals surface area contributed by atoms with Gasteiger partial charge in [-0.25, -0.2) is 0 Å². The highest BCUT2D eigenvalue weighted by molar-refractivity contribution is 5.86. The molecule has 0 aliphatic rings. The largest absolute Gasteiger partial charge is 0.356 e. The molecule has 0 spiro atoms. The number of hydrogen-bond acceptors (Lipinski definition) is 1. The van der Waals surface area contributed by atoms with Crippen LogP contribution in [0.15, 0.2) is 60.7 Å². The lowest BCUT2D eigenvalue weighted by molar-refractivity contribution is 1.55. The molecule has 0 radical (unpaired) electrons. The maximum absolute atomic E-state index is 3.30. The van der Waals surface area contributed by atoms with Gasteiger partial charge in [0.25, 0.3) is 0 Å². The average molecular weight is 279 g/mol. The van der Waals surface area contributed by atoms with Gasteiger partial charge < -0.3 is 5.32 Å². The molecule has 0 heterocycles. The van der Waals surface area contributed by atoms with Gasteiger partial charge in [-0.3, -0.25) is 0 Å². The average Bonchev–Trinajstić information content (AvgIpc) is 2.21. The minimum Gasteiger partial charge on any atom is -0.356 e. The summed E-state index contributed by atoms with van der Waals surface area (Å²) in [6, 6.07) is 20.3. The minimum atomic E-state index is 0. The zero-order valence-electron chi connectivity index (χ0n) is 8.50. The van der Waals surface area contributed by atoms with E-state index in [0.29, 0.717) is 0 Å². The molecule has 0 aromatic heterocycles. The summed E-state index contributed by atoms with van der Waals surface area (Å²) in [4.78, 5) is 0. The van der Waals surface area contributed by atoms with Crippen LogP contribution in [-0.4, -0.2) is 0 Å². The fraction of sp³-hybridized carbons (Fsp3) is 0. The molecule has 0 saturated carbocycles. The zero-order valence-corrected chi connectivity index (χ0v) is 10.9. The van der Waals surface area contributed by atoms with E-state index in [0.717, 1.165) is 11.4 Å². The fourth-order valence-electron chi connectivity index (χ4n) is 1.21. The molecule has 0 atom stereocenters. The highest BCUT2D eigenvalue weighted by Gasteiger charge is 1.89. The number of nitrogens with one attached hydrogen (secondary N) is 1. The second-order valence-electron chi connectivity index (χ2n) is 2.86. The minimum absolute atomic E-state index is 0. The fourth-order valence-corrected chi connectivity index (χ4v) is 1.21. The Morgan fingerprint density at radius 1 is 0.500 bits per heavy atom. The second kappa shape index (κ2) is 9.34. The van der Waals surface area contributed by atoms with Crippen molar-refractivity contribution < 1.29 is 0 Å². The van der Waals surface area contributed by atoms with E-state index >= 15 is 0 Å². The molecular formula is C12H14Cl3N. The predicted molar refractivity (Wildman–Crippen MR) is 77.9 cm³/mol. The highest BCUT2D eigenvalue weighted by atomic mass is 35.5. The first-order chi connectivity index (χ1) is 6.45. The van der Waals surface area contributed by atoms with Crippen molar-refractivity contribution in [3.05, 3.63) is 60.7 Å². The quantitative estimate of drug-likeness (QED) is 0.840. The van der Waals surface area contributed by atoms with E-state index in [2.05, 4.69) is 5.32 Å². The lowest BCUT2D eigenvalue weighted by Gasteiger charge is -2.04. The van der Waals surface area contributed by atoms with Crippen molar-refractivity contribution in [3.8, 4) is 0 Å². The first-order valence-corrected chi connectivity index (χ1v) is 4.32. The van der Waals surface area contributed by atoms with E-state index in [1.54, 1.807) is 0 Å². The number of anilines is 2. The Morgan fingerprint density at radius 2 is 0.812 bits per heavy atom. The number of para-hydroxylation sites is 2. The molecule has 88 valence electrons. The molecule has 4 heteroatoms. The van der Waals surface area contributed by atoms with Crippen molar-refractivity contribution in [2.75, 3.05) is 5.32 Å². The third-order valence-corrected chi connectivity index (χ3v) is 1.84. The Bertz CT molecular complexity index is 327. The summed E-state index contributed by atoms with van der Waals surface area (Å²) in [6.45, 7) is 0. The van der Waals surface area contributed by atoms with Crippen molar-refractivity contribution in [2.24, 2.45) is 0 Å². The molecule has 16 heavy (non-hydrogen) atoms. The predicted octanol–water partition coefficient (Wildman–Crippen LogP) is 4.70. The van der Waals surface area contributed by atoms with Crippen molar-refractivity contribution in [1.82, 2.24) is 0 Å². The number of rotatable bonds is 2. The van der Waals surface area contributed by atoms with E-state index in [1.165, 1.54) is 0 Å². The first-order valence-electron chi connectivity index (χ1n) is 4.32. The van der Waals surface area contributed by atoms with Crippen LogP contribution in [0.25, 0.3) is 0 Å². The van der Waals surface area contributed by atoms with Gasteiger partial charge in [-0.1, -0.05) is 36.4 Å². The SMILES string of the molecule is Cl.Cl.Cl.c1ccc(Nc2ccccc2)cc1. The molecule has 0 unspecified atom stereocenters. The molecule has 2 aromatic carbocycles. The maximum atomic E-state index is 3.30. The summed E-state index contributed by atoms with van der Waals surface area (Å²) in [7, 11) is 0. The van der Waals surface area contributed by atoms with Gasteiger partial charge in [0, 0.05) is 11.4 Å². The van der Waals surface area contributed by atoms with Gasteiger partial charge in [0.15, 0.2) is 0 Å². The van der Waals surface area contributed by atoms with Gasteiger partial charge >= 0.3 is 0 Å².